The maximum atomic E-state index is 12.7. The molecule has 1 N–H and O–H groups in total. The molecule has 6 rings (SSSR count). The van der Waals surface area contributed by atoms with E-state index in [0.29, 0.717) is 58.7 Å². The number of aliphatic hydroxyl groups is 1. The number of carbonyl (C=O) groups is 1. The summed E-state index contributed by atoms with van der Waals surface area (Å²) in [6, 6.07) is 9.44. The number of hydrogen-bond acceptors (Lipinski definition) is 7. The van der Waals surface area contributed by atoms with Crippen LogP contribution in [0.25, 0.3) is 38.5 Å². The second-order valence-electron chi connectivity index (χ2n) is 10.8. The number of nitrogens with zero attached hydrogens (tertiary/aromatic N) is 4. The Balaban J connectivity index is 0.00000353. The summed E-state index contributed by atoms with van der Waals surface area (Å²) in [5.41, 5.74) is 6.65. The van der Waals surface area contributed by atoms with Crippen LogP contribution in [-0.2, 0) is 4.74 Å². The van der Waals surface area contributed by atoms with Crippen molar-refractivity contribution in [3.05, 3.63) is 70.8 Å². The van der Waals surface area contributed by atoms with E-state index in [2.05, 4.69) is 9.83 Å². The number of fused-ring (bicyclic) bond motifs is 1. The van der Waals surface area contributed by atoms with Crippen molar-refractivity contribution in [1.29, 1.82) is 0 Å². The average molecular weight is 589 g/mol. The van der Waals surface area contributed by atoms with Crippen molar-refractivity contribution in [1.82, 2.24) is 14.9 Å². The molecule has 3 aromatic heterocycles. The van der Waals surface area contributed by atoms with Gasteiger partial charge in [0.1, 0.15) is 23.1 Å². The second-order valence-corrected chi connectivity index (χ2v) is 10.8. The quantitative estimate of drug-likeness (QED) is 0.240. The molecule has 0 atom stereocenters. The molecule has 1 aliphatic heterocycles. The van der Waals surface area contributed by atoms with Crippen molar-refractivity contribution in [2.75, 3.05) is 33.4 Å². The molecule has 9 nitrogen and oxygen atoms in total. The lowest BCUT2D eigenvalue weighted by Gasteiger charge is -2.24. The Morgan fingerprint density at radius 1 is 1.14 bits per heavy atom. The Bertz CT molecular complexity index is 1650. The smallest absolute Gasteiger partial charge is 0.255 e. The highest BCUT2D eigenvalue weighted by Gasteiger charge is 2.30. The van der Waals surface area contributed by atoms with Crippen molar-refractivity contribution in [3.63, 3.8) is 0 Å². The molecule has 2 fully saturated rings. The third-order valence-corrected chi connectivity index (χ3v) is 7.76. The number of benzene rings is 1. The molecular formula is C32H33ClN4O5. The molecule has 218 valence electrons. The van der Waals surface area contributed by atoms with Crippen LogP contribution in [0, 0.1) is 13.5 Å². The number of aryl methyl sites for hydroxylation is 1. The maximum absolute atomic E-state index is 12.7. The van der Waals surface area contributed by atoms with Crippen molar-refractivity contribution in [2.24, 2.45) is 0 Å². The number of amides is 1. The van der Waals surface area contributed by atoms with E-state index in [4.69, 9.17) is 30.6 Å². The molecule has 0 bridgehead atoms. The van der Waals surface area contributed by atoms with Crippen LogP contribution >= 0.6 is 12.4 Å². The van der Waals surface area contributed by atoms with Gasteiger partial charge in [0, 0.05) is 50.5 Å². The van der Waals surface area contributed by atoms with Crippen LogP contribution in [-0.4, -0.2) is 65.4 Å². The van der Waals surface area contributed by atoms with Crippen LogP contribution < -0.4 is 4.74 Å². The highest BCUT2D eigenvalue weighted by molar-refractivity contribution is 5.96. The summed E-state index contributed by atoms with van der Waals surface area (Å²) in [6.07, 6.45) is 7.32. The standard InChI is InChI=1S/C32H32N4O5.ClH/c1-19-14-22(32(38)36(3)10-11-37)17-35-30(19)28-16-26-31(41-28)29(24(18-34-26)20-4-5-20)21-6-7-27(25(15-21)33-2)40-23-8-12-39-13-9-23;/h6-7,14-18,20,23,37H,4-5,8-13H2,1,3H3;1H. The van der Waals surface area contributed by atoms with Gasteiger partial charge in [-0.05, 0) is 60.6 Å². The molecule has 2 aliphatic rings. The third kappa shape index (κ3) is 5.84. The Kier molecular flexibility index (Phi) is 8.78. The second kappa shape index (κ2) is 12.5. The number of furan rings is 1. The van der Waals surface area contributed by atoms with Crippen LogP contribution in [0.4, 0.5) is 5.69 Å². The van der Waals surface area contributed by atoms with Gasteiger partial charge in [0.2, 0.25) is 5.69 Å². The van der Waals surface area contributed by atoms with Gasteiger partial charge in [0.15, 0.2) is 11.3 Å². The minimum absolute atomic E-state index is 0. The first-order chi connectivity index (χ1) is 20.0. The highest BCUT2D eigenvalue weighted by Crippen LogP contribution is 2.48. The number of halogens is 1. The van der Waals surface area contributed by atoms with Gasteiger partial charge in [-0.25, -0.2) is 4.85 Å². The van der Waals surface area contributed by atoms with E-state index in [1.54, 1.807) is 13.1 Å². The van der Waals surface area contributed by atoms with Gasteiger partial charge in [0.25, 0.3) is 5.91 Å². The summed E-state index contributed by atoms with van der Waals surface area (Å²) in [7, 11) is 1.65. The molecular weight excluding hydrogens is 556 g/mol. The van der Waals surface area contributed by atoms with Crippen LogP contribution in [0.15, 0.2) is 47.1 Å². The average Bonchev–Trinajstić information content (AvgIpc) is 3.75. The molecule has 1 saturated carbocycles. The summed E-state index contributed by atoms with van der Waals surface area (Å²) < 4.78 is 18.1. The fourth-order valence-electron chi connectivity index (χ4n) is 5.36. The van der Waals surface area contributed by atoms with Gasteiger partial charge < -0.3 is 23.9 Å². The fourth-order valence-corrected chi connectivity index (χ4v) is 5.36. The zero-order valence-electron chi connectivity index (χ0n) is 23.6. The molecule has 4 aromatic rings. The number of hydrogen-bond donors (Lipinski definition) is 1. The molecule has 4 heterocycles. The normalized spacial score (nSPS) is 15.2. The van der Waals surface area contributed by atoms with E-state index in [1.807, 2.05) is 37.4 Å². The van der Waals surface area contributed by atoms with Gasteiger partial charge in [0.05, 0.1) is 32.0 Å². The molecule has 0 radical (unpaired) electrons. The number of carbonyl (C=O) groups excluding carboxylic acids is 1. The SMILES string of the molecule is Cl.[C-]#[N+]c1cc(-c2c(C3CC3)cnc3cc(-c4ncc(C(=O)N(C)CCO)cc4C)oc23)ccc1OC1CCOCC1. The van der Waals surface area contributed by atoms with Crippen molar-refractivity contribution in [3.8, 4) is 28.3 Å². The molecule has 10 heteroatoms. The number of ether oxygens (including phenoxy) is 2. The van der Waals surface area contributed by atoms with Crippen LogP contribution in [0.1, 0.15) is 53.1 Å². The van der Waals surface area contributed by atoms with Crippen LogP contribution in [0.3, 0.4) is 0 Å². The molecule has 1 aliphatic carbocycles. The minimum Gasteiger partial charge on any atom is -0.501 e. The summed E-state index contributed by atoms with van der Waals surface area (Å²) in [5.74, 6) is 1.36. The van der Waals surface area contributed by atoms with Gasteiger partial charge in [-0.1, -0.05) is 6.07 Å². The molecule has 42 heavy (non-hydrogen) atoms. The highest BCUT2D eigenvalue weighted by atomic mass is 35.5. The third-order valence-electron chi connectivity index (χ3n) is 7.76. The lowest BCUT2D eigenvalue weighted by atomic mass is 9.97. The lowest BCUT2D eigenvalue weighted by Crippen LogP contribution is -2.29. The van der Waals surface area contributed by atoms with E-state index >= 15 is 0 Å². The number of pyridine rings is 2. The van der Waals surface area contributed by atoms with Crippen molar-refractivity contribution in [2.45, 2.75) is 44.6 Å². The van der Waals surface area contributed by atoms with Gasteiger partial charge in [-0.2, -0.15) is 0 Å². The largest absolute Gasteiger partial charge is 0.501 e. The predicted molar refractivity (Wildman–Crippen MR) is 161 cm³/mol. The molecule has 1 saturated heterocycles. The fraction of sp³-hybridized carbons (Fsp3) is 0.375. The number of likely N-dealkylation sites (N-methyl/N-ethyl adjacent to an activating group) is 1. The summed E-state index contributed by atoms with van der Waals surface area (Å²) in [5, 5.41) is 9.17. The molecule has 0 unspecified atom stereocenters. The first-order valence-electron chi connectivity index (χ1n) is 14.0. The Labute approximate surface area is 250 Å². The zero-order chi connectivity index (χ0) is 28.5. The summed E-state index contributed by atoms with van der Waals surface area (Å²) >= 11 is 0. The van der Waals surface area contributed by atoms with Crippen LogP contribution in [0.5, 0.6) is 5.75 Å². The Morgan fingerprint density at radius 3 is 2.62 bits per heavy atom. The monoisotopic (exact) mass is 588 g/mol. The number of aliphatic hydroxyl groups excluding tert-OH is 1. The van der Waals surface area contributed by atoms with Crippen LogP contribution in [0.2, 0.25) is 0 Å². The molecule has 1 amide bonds. The van der Waals surface area contributed by atoms with Crippen molar-refractivity contribution >= 4 is 35.1 Å². The summed E-state index contributed by atoms with van der Waals surface area (Å²) in [4.78, 5) is 27.2. The first kappa shape index (κ1) is 29.5. The first-order valence-corrected chi connectivity index (χ1v) is 14.0. The van der Waals surface area contributed by atoms with E-state index < -0.39 is 0 Å². The maximum Gasteiger partial charge on any atom is 0.255 e. The minimum atomic E-state index is -0.205. The summed E-state index contributed by atoms with van der Waals surface area (Å²) in [6.45, 7) is 11.2. The topological polar surface area (TPSA) is 102 Å². The van der Waals surface area contributed by atoms with Gasteiger partial charge in [-0.15, -0.1) is 12.4 Å². The Hall–Kier alpha value is -3.97. The van der Waals surface area contributed by atoms with E-state index in [0.717, 1.165) is 47.9 Å². The van der Waals surface area contributed by atoms with E-state index in [9.17, 15) is 4.79 Å². The predicted octanol–water partition coefficient (Wildman–Crippen LogP) is 6.34. The van der Waals surface area contributed by atoms with Gasteiger partial charge >= 0.3 is 0 Å². The lowest BCUT2D eigenvalue weighted by molar-refractivity contribution is 0.0259. The molecule has 1 aromatic carbocycles. The van der Waals surface area contributed by atoms with Gasteiger partial charge in [-0.3, -0.25) is 14.8 Å². The zero-order valence-corrected chi connectivity index (χ0v) is 24.4. The van der Waals surface area contributed by atoms with Crippen molar-refractivity contribution < 1.29 is 23.8 Å². The Morgan fingerprint density at radius 2 is 1.93 bits per heavy atom. The van der Waals surface area contributed by atoms with E-state index in [1.165, 1.54) is 11.1 Å². The number of aromatic nitrogens is 2. The van der Waals surface area contributed by atoms with E-state index in [-0.39, 0.29) is 37.6 Å². The number of rotatable bonds is 8. The molecule has 0 spiro atoms.